The Kier molecular flexibility index (Phi) is 7.71. The highest BCUT2D eigenvalue weighted by atomic mass is 32.2. The lowest BCUT2D eigenvalue weighted by molar-refractivity contribution is -0.384. The van der Waals surface area contributed by atoms with Crippen molar-refractivity contribution in [3.8, 4) is 0 Å². The SMILES string of the molecule is CCCCCCNS(=O)(=O)c1ccc(NS(=O)(=O)c2ccc([N+](=O)[O-])cc2)cc1. The molecule has 0 aliphatic rings. The zero-order valence-electron chi connectivity index (χ0n) is 15.9. The van der Waals surface area contributed by atoms with Gasteiger partial charge in [0.25, 0.3) is 15.7 Å². The van der Waals surface area contributed by atoms with Crippen molar-refractivity contribution in [3.05, 3.63) is 58.6 Å². The van der Waals surface area contributed by atoms with Crippen molar-refractivity contribution >= 4 is 31.4 Å². The minimum Gasteiger partial charge on any atom is -0.280 e. The van der Waals surface area contributed by atoms with Crippen LogP contribution in [0.25, 0.3) is 0 Å². The molecule has 0 unspecified atom stereocenters. The third kappa shape index (κ3) is 6.51. The van der Waals surface area contributed by atoms with Crippen molar-refractivity contribution in [2.24, 2.45) is 0 Å². The van der Waals surface area contributed by atoms with E-state index in [0.29, 0.717) is 6.54 Å². The van der Waals surface area contributed by atoms with E-state index in [9.17, 15) is 26.9 Å². The first kappa shape index (κ1) is 22.8. The van der Waals surface area contributed by atoms with Crippen molar-refractivity contribution in [2.75, 3.05) is 11.3 Å². The van der Waals surface area contributed by atoms with Crippen LogP contribution in [0.1, 0.15) is 32.6 Å². The van der Waals surface area contributed by atoms with Gasteiger partial charge < -0.3 is 0 Å². The zero-order chi connectivity index (χ0) is 21.5. The molecule has 9 nitrogen and oxygen atoms in total. The number of hydrogen-bond donors (Lipinski definition) is 2. The maximum absolute atomic E-state index is 12.4. The van der Waals surface area contributed by atoms with E-state index in [4.69, 9.17) is 0 Å². The van der Waals surface area contributed by atoms with Gasteiger partial charge in [0.1, 0.15) is 0 Å². The van der Waals surface area contributed by atoms with Gasteiger partial charge in [-0.25, -0.2) is 21.6 Å². The number of sulfonamides is 2. The molecule has 0 aliphatic carbocycles. The fourth-order valence-corrected chi connectivity index (χ4v) is 4.64. The van der Waals surface area contributed by atoms with E-state index in [1.165, 1.54) is 24.3 Å². The summed E-state index contributed by atoms with van der Waals surface area (Å²) in [5, 5.41) is 10.7. The first-order valence-corrected chi connectivity index (χ1v) is 12.0. The molecule has 0 aromatic heterocycles. The van der Waals surface area contributed by atoms with E-state index < -0.39 is 25.0 Å². The second kappa shape index (κ2) is 9.81. The van der Waals surface area contributed by atoms with E-state index in [-0.39, 0.29) is 21.2 Å². The molecule has 0 heterocycles. The van der Waals surface area contributed by atoms with Crippen LogP contribution in [0.3, 0.4) is 0 Å². The van der Waals surface area contributed by atoms with Crippen LogP contribution in [0.5, 0.6) is 0 Å². The Morgan fingerprint density at radius 1 is 0.828 bits per heavy atom. The Morgan fingerprint density at radius 3 is 1.93 bits per heavy atom. The normalized spacial score (nSPS) is 11.9. The average molecular weight is 442 g/mol. The van der Waals surface area contributed by atoms with E-state index in [2.05, 4.69) is 16.4 Å². The van der Waals surface area contributed by atoms with Gasteiger partial charge in [0.15, 0.2) is 0 Å². The van der Waals surface area contributed by atoms with Crippen molar-refractivity contribution in [1.29, 1.82) is 0 Å². The maximum Gasteiger partial charge on any atom is 0.269 e. The molecule has 0 bridgehead atoms. The summed E-state index contributed by atoms with van der Waals surface area (Å²) >= 11 is 0. The number of non-ortho nitro benzene ring substituents is 1. The number of nitro benzene ring substituents is 1. The molecule has 0 aliphatic heterocycles. The molecule has 0 spiro atoms. The number of hydrogen-bond acceptors (Lipinski definition) is 6. The highest BCUT2D eigenvalue weighted by molar-refractivity contribution is 7.92. The van der Waals surface area contributed by atoms with E-state index in [1.807, 2.05) is 0 Å². The summed E-state index contributed by atoms with van der Waals surface area (Å²) in [5.74, 6) is 0. The zero-order valence-corrected chi connectivity index (χ0v) is 17.5. The van der Waals surface area contributed by atoms with Crippen molar-refractivity contribution in [2.45, 2.75) is 42.4 Å². The summed E-state index contributed by atoms with van der Waals surface area (Å²) < 4.78 is 54.1. The van der Waals surface area contributed by atoms with Gasteiger partial charge >= 0.3 is 0 Å². The molecule has 11 heteroatoms. The van der Waals surface area contributed by atoms with Crippen molar-refractivity contribution < 1.29 is 21.8 Å². The second-order valence-electron chi connectivity index (χ2n) is 6.34. The minimum atomic E-state index is -3.96. The Bertz CT molecular complexity index is 1030. The van der Waals surface area contributed by atoms with Crippen LogP contribution in [0.2, 0.25) is 0 Å². The summed E-state index contributed by atoms with van der Waals surface area (Å²) in [5.41, 5.74) is -0.0500. The van der Waals surface area contributed by atoms with E-state index in [0.717, 1.165) is 49.9 Å². The summed E-state index contributed by atoms with van der Waals surface area (Å²) in [6, 6.07) is 9.74. The lowest BCUT2D eigenvalue weighted by Gasteiger charge is -2.10. The van der Waals surface area contributed by atoms with Crippen molar-refractivity contribution in [1.82, 2.24) is 4.72 Å². The molecule has 0 radical (unpaired) electrons. The Morgan fingerprint density at radius 2 is 1.38 bits per heavy atom. The number of anilines is 1. The fraction of sp³-hybridized carbons (Fsp3) is 0.333. The topological polar surface area (TPSA) is 135 Å². The first-order valence-electron chi connectivity index (χ1n) is 9.03. The molecule has 2 rings (SSSR count). The standard InChI is InChI=1S/C18H23N3O6S2/c1-2-3-4-5-14-19-28(24,25)17-10-6-15(7-11-17)20-29(26,27)18-12-8-16(9-13-18)21(22)23/h6-13,19-20H,2-5,14H2,1H3. The van der Waals surface area contributed by atoms with Crippen molar-refractivity contribution in [3.63, 3.8) is 0 Å². The number of benzene rings is 2. The number of unbranched alkanes of at least 4 members (excludes halogenated alkanes) is 3. The fourth-order valence-electron chi connectivity index (χ4n) is 2.50. The molecule has 0 amide bonds. The van der Waals surface area contributed by atoms with Gasteiger partial charge in [-0.3, -0.25) is 14.8 Å². The largest absolute Gasteiger partial charge is 0.280 e. The molecule has 29 heavy (non-hydrogen) atoms. The molecule has 2 N–H and O–H groups in total. The van der Waals surface area contributed by atoms with Crippen LogP contribution in [-0.2, 0) is 20.0 Å². The summed E-state index contributed by atoms with van der Waals surface area (Å²) in [6.07, 6.45) is 3.80. The van der Waals surface area contributed by atoms with Gasteiger partial charge in [-0.15, -0.1) is 0 Å². The maximum atomic E-state index is 12.4. The van der Waals surface area contributed by atoms with Crippen LogP contribution >= 0.6 is 0 Å². The third-order valence-corrected chi connectivity index (χ3v) is 6.97. The number of nitrogens with one attached hydrogen (secondary N) is 2. The van der Waals surface area contributed by atoms with Crippen LogP contribution in [-0.4, -0.2) is 28.3 Å². The van der Waals surface area contributed by atoms with E-state index >= 15 is 0 Å². The van der Waals surface area contributed by atoms with Gasteiger partial charge in [0.05, 0.1) is 14.7 Å². The Balaban J connectivity index is 2.04. The number of nitro groups is 1. The van der Waals surface area contributed by atoms with Gasteiger partial charge in [0.2, 0.25) is 10.0 Å². The van der Waals surface area contributed by atoms with Gasteiger partial charge in [0, 0.05) is 24.4 Å². The van der Waals surface area contributed by atoms with Crippen LogP contribution in [0.15, 0.2) is 58.3 Å². The molecule has 0 fully saturated rings. The highest BCUT2D eigenvalue weighted by Crippen LogP contribution is 2.20. The first-order chi connectivity index (χ1) is 13.7. The molecule has 0 atom stereocenters. The van der Waals surface area contributed by atoms with Gasteiger partial charge in [-0.1, -0.05) is 26.2 Å². The predicted molar refractivity (Wildman–Crippen MR) is 110 cm³/mol. The predicted octanol–water partition coefficient (Wildman–Crippen LogP) is 3.25. The van der Waals surface area contributed by atoms with Crippen LogP contribution < -0.4 is 9.44 Å². The minimum absolute atomic E-state index is 0.0336. The molecular weight excluding hydrogens is 418 g/mol. The molecule has 0 saturated carbocycles. The Labute approximate surface area is 170 Å². The molecule has 0 saturated heterocycles. The Hall–Kier alpha value is -2.50. The molecule has 2 aromatic rings. The van der Waals surface area contributed by atoms with Crippen LogP contribution in [0.4, 0.5) is 11.4 Å². The smallest absolute Gasteiger partial charge is 0.269 e. The molecule has 2 aromatic carbocycles. The number of nitrogens with zero attached hydrogens (tertiary/aromatic N) is 1. The second-order valence-corrected chi connectivity index (χ2v) is 9.79. The third-order valence-electron chi connectivity index (χ3n) is 4.10. The highest BCUT2D eigenvalue weighted by Gasteiger charge is 2.17. The quantitative estimate of drug-likeness (QED) is 0.312. The average Bonchev–Trinajstić information content (AvgIpc) is 2.68. The summed E-state index contributed by atoms with van der Waals surface area (Å²) in [7, 11) is -7.63. The van der Waals surface area contributed by atoms with Gasteiger partial charge in [-0.2, -0.15) is 0 Å². The number of rotatable bonds is 11. The monoisotopic (exact) mass is 441 g/mol. The van der Waals surface area contributed by atoms with Gasteiger partial charge in [-0.05, 0) is 42.8 Å². The molecule has 158 valence electrons. The lowest BCUT2D eigenvalue weighted by Crippen LogP contribution is -2.24. The van der Waals surface area contributed by atoms with E-state index in [1.54, 1.807) is 0 Å². The molecular formula is C18H23N3O6S2. The summed E-state index contributed by atoms with van der Waals surface area (Å²) in [4.78, 5) is 9.93. The van der Waals surface area contributed by atoms with Crippen LogP contribution in [0, 0.1) is 10.1 Å². The lowest BCUT2D eigenvalue weighted by atomic mass is 10.2. The summed E-state index contributed by atoms with van der Waals surface area (Å²) in [6.45, 7) is 2.42.